The van der Waals surface area contributed by atoms with Gasteiger partial charge >= 0.3 is 5.97 Å². The summed E-state index contributed by atoms with van der Waals surface area (Å²) in [6.07, 6.45) is 22.4. The fourth-order valence-corrected chi connectivity index (χ4v) is 2.43. The molecule has 6 heteroatoms. The van der Waals surface area contributed by atoms with Crippen molar-refractivity contribution in [2.24, 2.45) is 0 Å². The van der Waals surface area contributed by atoms with Crippen molar-refractivity contribution >= 4 is 5.97 Å². The van der Waals surface area contributed by atoms with Gasteiger partial charge in [0.1, 0.15) is 12.7 Å². The predicted octanol–water partition coefficient (Wildman–Crippen LogP) is 3.53. The van der Waals surface area contributed by atoms with E-state index in [4.69, 9.17) is 14.9 Å². The highest BCUT2D eigenvalue weighted by molar-refractivity contribution is 5.69. The second-order valence-electron chi connectivity index (χ2n) is 7.23. The Morgan fingerprint density at radius 1 is 0.839 bits per heavy atom. The second-order valence-corrected chi connectivity index (χ2v) is 7.23. The number of hydrogen-bond donors (Lipinski definition) is 4. The molecule has 0 saturated carbocycles. The van der Waals surface area contributed by atoms with E-state index in [9.17, 15) is 15.0 Å². The lowest BCUT2D eigenvalue weighted by Crippen LogP contribution is -2.21. The monoisotopic (exact) mass is 436 g/mol. The topological polar surface area (TPSA) is 107 Å². The molecule has 0 aliphatic rings. The van der Waals surface area contributed by atoms with Crippen LogP contribution in [0.4, 0.5) is 0 Å². The van der Waals surface area contributed by atoms with Gasteiger partial charge in [-0.15, -0.1) is 0 Å². The third-order valence-corrected chi connectivity index (χ3v) is 4.22. The largest absolute Gasteiger partial charge is 0.463 e. The zero-order valence-corrected chi connectivity index (χ0v) is 18.7. The van der Waals surface area contributed by atoms with E-state index >= 15 is 0 Å². The Hall–Kier alpha value is -1.99. The molecule has 0 fully saturated rings. The molecule has 0 rings (SSSR count). The number of aliphatic hydroxyl groups excluding tert-OH is 4. The van der Waals surface area contributed by atoms with E-state index in [0.717, 1.165) is 32.1 Å². The molecule has 0 heterocycles. The van der Waals surface area contributed by atoms with Crippen LogP contribution >= 0.6 is 0 Å². The minimum absolute atomic E-state index is 0.164. The zero-order valence-electron chi connectivity index (χ0n) is 18.7. The Balaban J connectivity index is 3.75. The zero-order chi connectivity index (χ0) is 23.2. The summed E-state index contributed by atoms with van der Waals surface area (Å²) in [5.41, 5.74) is 0. The van der Waals surface area contributed by atoms with Crippen LogP contribution in [-0.4, -0.2) is 57.9 Å². The first-order chi connectivity index (χ1) is 15.0. The number of esters is 1. The Labute approximate surface area is 187 Å². The quantitative estimate of drug-likeness (QED) is 0.113. The van der Waals surface area contributed by atoms with Crippen LogP contribution in [0, 0.1) is 0 Å². The molecule has 3 unspecified atom stereocenters. The molecule has 0 saturated heterocycles. The van der Waals surface area contributed by atoms with Crippen molar-refractivity contribution in [3.8, 4) is 0 Å². The summed E-state index contributed by atoms with van der Waals surface area (Å²) < 4.78 is 4.83. The van der Waals surface area contributed by atoms with E-state index in [2.05, 4.69) is 6.92 Å². The van der Waals surface area contributed by atoms with Gasteiger partial charge in [0, 0.05) is 6.42 Å². The molecule has 0 aromatic heterocycles. The average molecular weight is 437 g/mol. The number of ether oxygens (including phenoxy) is 1. The third kappa shape index (κ3) is 21.0. The Kier molecular flexibility index (Phi) is 19.9. The predicted molar refractivity (Wildman–Crippen MR) is 124 cm³/mol. The Bertz CT molecular complexity index is 577. The fraction of sp³-hybridized carbons (Fsp3) is 0.560. The van der Waals surface area contributed by atoms with Crippen molar-refractivity contribution in [3.05, 3.63) is 60.8 Å². The summed E-state index contributed by atoms with van der Waals surface area (Å²) >= 11 is 0. The SMILES string of the molecule is CCC=CC=CC(O)CC=CCC(O)C=CC=CCCCCCC(=O)OCC(O)CO. The van der Waals surface area contributed by atoms with Gasteiger partial charge < -0.3 is 25.2 Å². The van der Waals surface area contributed by atoms with Gasteiger partial charge in [-0.1, -0.05) is 74.1 Å². The number of carbonyl (C=O) groups is 1. The van der Waals surface area contributed by atoms with Crippen LogP contribution in [0.5, 0.6) is 0 Å². The molecule has 0 aliphatic heterocycles. The molecule has 0 aliphatic carbocycles. The van der Waals surface area contributed by atoms with E-state index in [0.29, 0.717) is 19.3 Å². The van der Waals surface area contributed by atoms with Gasteiger partial charge in [0.15, 0.2) is 0 Å². The molecule has 0 bridgehead atoms. The van der Waals surface area contributed by atoms with Gasteiger partial charge in [0.05, 0.1) is 18.8 Å². The fourth-order valence-electron chi connectivity index (χ4n) is 2.43. The summed E-state index contributed by atoms with van der Waals surface area (Å²) in [5.74, 6) is -0.357. The van der Waals surface area contributed by atoms with Crippen LogP contribution in [0.15, 0.2) is 60.8 Å². The maximum Gasteiger partial charge on any atom is 0.305 e. The van der Waals surface area contributed by atoms with Gasteiger partial charge in [-0.25, -0.2) is 0 Å². The van der Waals surface area contributed by atoms with Crippen LogP contribution in [-0.2, 0) is 9.53 Å². The molecule has 0 aromatic carbocycles. The summed E-state index contributed by atoms with van der Waals surface area (Å²) in [4.78, 5) is 11.4. The molecule has 176 valence electrons. The molecule has 0 aromatic rings. The third-order valence-electron chi connectivity index (χ3n) is 4.22. The maximum atomic E-state index is 11.4. The first-order valence-electron chi connectivity index (χ1n) is 11.1. The van der Waals surface area contributed by atoms with Crippen molar-refractivity contribution < 1.29 is 30.0 Å². The molecule has 3 atom stereocenters. The highest BCUT2D eigenvalue weighted by Crippen LogP contribution is 2.06. The van der Waals surface area contributed by atoms with E-state index in [1.54, 1.807) is 12.2 Å². The number of allylic oxidation sites excluding steroid dienone is 6. The molecule has 6 nitrogen and oxygen atoms in total. The van der Waals surface area contributed by atoms with Crippen LogP contribution in [0.25, 0.3) is 0 Å². The standard InChI is InChI=1S/C25H40O6/c1-2-3-4-10-15-22(27)17-13-14-18-23(28)16-11-8-6-5-7-9-12-19-25(30)31-21-24(29)20-26/h3-4,6,8,10-11,13-16,22-24,26-29H,2,5,7,9,12,17-21H2,1H3. The number of rotatable bonds is 18. The highest BCUT2D eigenvalue weighted by Gasteiger charge is 2.07. The smallest absolute Gasteiger partial charge is 0.305 e. The normalized spacial score (nSPS) is 15.6. The molecule has 4 N–H and O–H groups in total. The first-order valence-corrected chi connectivity index (χ1v) is 11.1. The molecule has 0 radical (unpaired) electrons. The van der Waals surface area contributed by atoms with Crippen LogP contribution in [0.3, 0.4) is 0 Å². The summed E-state index contributed by atoms with van der Waals surface area (Å²) in [6, 6.07) is 0. The maximum absolute atomic E-state index is 11.4. The lowest BCUT2D eigenvalue weighted by Gasteiger charge is -2.08. The number of unbranched alkanes of at least 4 members (excludes halogenated alkanes) is 3. The van der Waals surface area contributed by atoms with Crippen molar-refractivity contribution in [1.29, 1.82) is 0 Å². The van der Waals surface area contributed by atoms with E-state index in [-0.39, 0.29) is 12.6 Å². The minimum atomic E-state index is -1.01. The van der Waals surface area contributed by atoms with Crippen LogP contribution in [0.1, 0.15) is 58.3 Å². The van der Waals surface area contributed by atoms with E-state index in [1.165, 1.54) is 0 Å². The van der Waals surface area contributed by atoms with Gasteiger partial charge in [-0.2, -0.15) is 0 Å². The number of carbonyl (C=O) groups excluding carboxylic acids is 1. The lowest BCUT2D eigenvalue weighted by molar-refractivity contribution is -0.147. The number of aliphatic hydroxyl groups is 4. The second kappa shape index (κ2) is 21.2. The van der Waals surface area contributed by atoms with Gasteiger partial charge in [-0.3, -0.25) is 4.79 Å². The minimum Gasteiger partial charge on any atom is -0.463 e. The summed E-state index contributed by atoms with van der Waals surface area (Å²) in [5, 5.41) is 37.4. The van der Waals surface area contributed by atoms with Gasteiger partial charge in [0.2, 0.25) is 0 Å². The van der Waals surface area contributed by atoms with Crippen molar-refractivity contribution in [2.75, 3.05) is 13.2 Å². The molecule has 0 spiro atoms. The van der Waals surface area contributed by atoms with Crippen molar-refractivity contribution in [3.63, 3.8) is 0 Å². The van der Waals surface area contributed by atoms with Crippen molar-refractivity contribution in [1.82, 2.24) is 0 Å². The van der Waals surface area contributed by atoms with Gasteiger partial charge in [0.25, 0.3) is 0 Å². The van der Waals surface area contributed by atoms with E-state index in [1.807, 2.05) is 48.6 Å². The summed E-state index contributed by atoms with van der Waals surface area (Å²) in [7, 11) is 0. The molecular formula is C25H40O6. The van der Waals surface area contributed by atoms with Crippen LogP contribution in [0.2, 0.25) is 0 Å². The van der Waals surface area contributed by atoms with Gasteiger partial charge in [-0.05, 0) is 38.5 Å². The molecule has 31 heavy (non-hydrogen) atoms. The van der Waals surface area contributed by atoms with E-state index < -0.39 is 24.9 Å². The number of hydrogen-bond acceptors (Lipinski definition) is 6. The Morgan fingerprint density at radius 3 is 2.03 bits per heavy atom. The Morgan fingerprint density at radius 2 is 1.45 bits per heavy atom. The molecular weight excluding hydrogens is 396 g/mol. The average Bonchev–Trinajstić information content (AvgIpc) is 2.76. The molecule has 0 amide bonds. The lowest BCUT2D eigenvalue weighted by atomic mass is 10.1. The summed E-state index contributed by atoms with van der Waals surface area (Å²) in [6.45, 7) is 1.48. The highest BCUT2D eigenvalue weighted by atomic mass is 16.5. The van der Waals surface area contributed by atoms with Crippen LogP contribution < -0.4 is 0 Å². The van der Waals surface area contributed by atoms with Crippen molar-refractivity contribution in [2.45, 2.75) is 76.6 Å². The first kappa shape index (κ1) is 29.0.